The molecule has 0 aliphatic rings. The van der Waals surface area contributed by atoms with Gasteiger partial charge in [-0.15, -0.1) is 0 Å². The molecule has 94 valence electrons. The Morgan fingerprint density at radius 1 is 1.11 bits per heavy atom. The highest BCUT2D eigenvalue weighted by molar-refractivity contribution is 9.10. The van der Waals surface area contributed by atoms with Gasteiger partial charge in [0.2, 0.25) is 0 Å². The molecule has 0 spiro atoms. The maximum Gasteiger partial charge on any atom is 0.128 e. The fraction of sp³-hybridized carbons (Fsp3) is 0.214. The number of hydrogen-bond donors (Lipinski definition) is 1. The molecule has 2 aromatic rings. The Morgan fingerprint density at radius 2 is 1.83 bits per heavy atom. The van der Waals surface area contributed by atoms with Crippen molar-refractivity contribution in [1.29, 1.82) is 0 Å². The number of anilines is 2. The smallest absolute Gasteiger partial charge is 0.128 e. The van der Waals surface area contributed by atoms with E-state index in [0.717, 1.165) is 22.5 Å². The van der Waals surface area contributed by atoms with E-state index in [-0.39, 0.29) is 0 Å². The van der Waals surface area contributed by atoms with Gasteiger partial charge in [-0.2, -0.15) is 0 Å². The summed E-state index contributed by atoms with van der Waals surface area (Å²) in [5, 5.41) is 3.35. The quantitative estimate of drug-likeness (QED) is 0.937. The summed E-state index contributed by atoms with van der Waals surface area (Å²) in [6, 6.07) is 12.3. The number of nitrogens with zero attached hydrogens (tertiary/aromatic N) is 2. The van der Waals surface area contributed by atoms with E-state index in [2.05, 4.69) is 38.4 Å². The van der Waals surface area contributed by atoms with Crippen LogP contribution >= 0.6 is 15.9 Å². The van der Waals surface area contributed by atoms with Crippen LogP contribution in [0.2, 0.25) is 0 Å². The van der Waals surface area contributed by atoms with E-state index in [1.54, 1.807) is 0 Å². The lowest BCUT2D eigenvalue weighted by Gasteiger charge is -2.12. The van der Waals surface area contributed by atoms with Crippen LogP contribution in [0.3, 0.4) is 0 Å². The Balaban J connectivity index is 1.95. The van der Waals surface area contributed by atoms with Gasteiger partial charge in [0.1, 0.15) is 5.82 Å². The minimum atomic E-state index is 0.802. The molecule has 18 heavy (non-hydrogen) atoms. The number of rotatable bonds is 4. The summed E-state index contributed by atoms with van der Waals surface area (Å²) in [6.45, 7) is 0.802. The van der Waals surface area contributed by atoms with Crippen molar-refractivity contribution in [3.63, 3.8) is 0 Å². The molecule has 0 saturated carbocycles. The highest BCUT2D eigenvalue weighted by Crippen LogP contribution is 2.14. The monoisotopic (exact) mass is 305 g/mol. The number of pyridine rings is 1. The van der Waals surface area contributed by atoms with Gasteiger partial charge in [0.25, 0.3) is 0 Å². The second kappa shape index (κ2) is 5.87. The minimum absolute atomic E-state index is 0.802. The van der Waals surface area contributed by atoms with Crippen molar-refractivity contribution >= 4 is 27.4 Å². The molecule has 1 heterocycles. The zero-order valence-electron chi connectivity index (χ0n) is 10.5. The van der Waals surface area contributed by atoms with E-state index in [0.29, 0.717) is 0 Å². The average Bonchev–Trinajstić information content (AvgIpc) is 2.38. The standard InChI is InChI=1S/C14H16BrN3/c1-18(2)14-8-7-13(10-17-14)16-9-11-3-5-12(15)6-4-11/h3-8,10,16H,9H2,1-2H3. The third-order valence-electron chi connectivity index (χ3n) is 2.62. The highest BCUT2D eigenvalue weighted by Gasteiger charge is 1.98. The van der Waals surface area contributed by atoms with Gasteiger partial charge in [-0.05, 0) is 29.8 Å². The van der Waals surface area contributed by atoms with Crippen LogP contribution in [-0.2, 0) is 6.54 Å². The average molecular weight is 306 g/mol. The molecule has 0 amide bonds. The van der Waals surface area contributed by atoms with Crippen LogP contribution in [0.25, 0.3) is 0 Å². The van der Waals surface area contributed by atoms with Crippen LogP contribution in [0.1, 0.15) is 5.56 Å². The summed E-state index contributed by atoms with van der Waals surface area (Å²) in [5.74, 6) is 0.962. The van der Waals surface area contributed by atoms with E-state index < -0.39 is 0 Å². The summed E-state index contributed by atoms with van der Waals surface area (Å²) < 4.78 is 1.10. The molecule has 0 saturated heterocycles. The topological polar surface area (TPSA) is 28.2 Å². The summed E-state index contributed by atoms with van der Waals surface area (Å²) in [6.07, 6.45) is 1.86. The maximum atomic E-state index is 4.36. The predicted molar refractivity (Wildman–Crippen MR) is 80.0 cm³/mol. The van der Waals surface area contributed by atoms with E-state index in [1.165, 1.54) is 5.56 Å². The molecule has 0 atom stereocenters. The van der Waals surface area contributed by atoms with Crippen LogP contribution in [0, 0.1) is 0 Å². The Kier molecular flexibility index (Phi) is 4.20. The molecule has 0 radical (unpaired) electrons. The van der Waals surface area contributed by atoms with Crippen molar-refractivity contribution in [3.8, 4) is 0 Å². The van der Waals surface area contributed by atoms with Gasteiger partial charge < -0.3 is 10.2 Å². The van der Waals surface area contributed by atoms with Gasteiger partial charge in [0.05, 0.1) is 11.9 Å². The zero-order valence-corrected chi connectivity index (χ0v) is 12.1. The lowest BCUT2D eigenvalue weighted by molar-refractivity contribution is 1.06. The van der Waals surface area contributed by atoms with Gasteiger partial charge in [-0.1, -0.05) is 28.1 Å². The third-order valence-corrected chi connectivity index (χ3v) is 3.14. The van der Waals surface area contributed by atoms with E-state index in [4.69, 9.17) is 0 Å². The largest absolute Gasteiger partial charge is 0.380 e. The summed E-state index contributed by atoms with van der Waals surface area (Å²) >= 11 is 3.43. The Bertz CT molecular complexity index is 491. The van der Waals surface area contributed by atoms with Crippen molar-refractivity contribution in [3.05, 3.63) is 52.6 Å². The first-order valence-corrected chi connectivity index (χ1v) is 6.56. The summed E-state index contributed by atoms with van der Waals surface area (Å²) in [5.41, 5.74) is 2.28. The van der Waals surface area contributed by atoms with Crippen LogP contribution in [-0.4, -0.2) is 19.1 Å². The first-order valence-electron chi connectivity index (χ1n) is 5.77. The number of benzene rings is 1. The molecule has 0 bridgehead atoms. The molecular formula is C14H16BrN3. The molecule has 2 rings (SSSR count). The number of nitrogens with one attached hydrogen (secondary N) is 1. The molecule has 1 aromatic carbocycles. The second-order valence-electron chi connectivity index (χ2n) is 4.28. The SMILES string of the molecule is CN(C)c1ccc(NCc2ccc(Br)cc2)cn1. The van der Waals surface area contributed by atoms with Crippen molar-refractivity contribution in [1.82, 2.24) is 4.98 Å². The fourth-order valence-electron chi connectivity index (χ4n) is 1.56. The van der Waals surface area contributed by atoms with Crippen molar-refractivity contribution in [2.45, 2.75) is 6.54 Å². The summed E-state index contributed by atoms with van der Waals surface area (Å²) in [7, 11) is 3.97. The van der Waals surface area contributed by atoms with Gasteiger partial charge in [-0.3, -0.25) is 0 Å². The molecule has 0 unspecified atom stereocenters. The summed E-state index contributed by atoms with van der Waals surface area (Å²) in [4.78, 5) is 6.35. The minimum Gasteiger partial charge on any atom is -0.380 e. The van der Waals surface area contributed by atoms with Crippen LogP contribution in [0.4, 0.5) is 11.5 Å². The highest BCUT2D eigenvalue weighted by atomic mass is 79.9. The van der Waals surface area contributed by atoms with Crippen LogP contribution < -0.4 is 10.2 Å². The molecule has 0 aliphatic carbocycles. The second-order valence-corrected chi connectivity index (χ2v) is 5.20. The maximum absolute atomic E-state index is 4.36. The predicted octanol–water partition coefficient (Wildman–Crippen LogP) is 3.52. The number of aromatic nitrogens is 1. The Morgan fingerprint density at radius 3 is 2.39 bits per heavy atom. The van der Waals surface area contributed by atoms with E-state index in [1.807, 2.05) is 49.5 Å². The third kappa shape index (κ3) is 3.47. The molecule has 0 aliphatic heterocycles. The van der Waals surface area contributed by atoms with Crippen molar-refractivity contribution in [2.75, 3.05) is 24.3 Å². The molecular weight excluding hydrogens is 290 g/mol. The Hall–Kier alpha value is -1.55. The van der Waals surface area contributed by atoms with E-state index in [9.17, 15) is 0 Å². The normalized spacial score (nSPS) is 10.2. The van der Waals surface area contributed by atoms with E-state index >= 15 is 0 Å². The van der Waals surface area contributed by atoms with Crippen LogP contribution in [0.5, 0.6) is 0 Å². The first kappa shape index (κ1) is 12.9. The molecule has 1 N–H and O–H groups in total. The lowest BCUT2D eigenvalue weighted by Crippen LogP contribution is -2.10. The van der Waals surface area contributed by atoms with Gasteiger partial charge in [-0.25, -0.2) is 4.98 Å². The number of hydrogen-bond acceptors (Lipinski definition) is 3. The van der Waals surface area contributed by atoms with Crippen molar-refractivity contribution in [2.24, 2.45) is 0 Å². The van der Waals surface area contributed by atoms with Crippen LogP contribution in [0.15, 0.2) is 47.1 Å². The van der Waals surface area contributed by atoms with Gasteiger partial charge in [0.15, 0.2) is 0 Å². The van der Waals surface area contributed by atoms with Gasteiger partial charge >= 0.3 is 0 Å². The Labute approximate surface area is 116 Å². The molecule has 1 aromatic heterocycles. The molecule has 3 nitrogen and oxygen atoms in total. The van der Waals surface area contributed by atoms with Crippen molar-refractivity contribution < 1.29 is 0 Å². The first-order chi connectivity index (χ1) is 8.65. The van der Waals surface area contributed by atoms with Gasteiger partial charge in [0, 0.05) is 25.1 Å². The lowest BCUT2D eigenvalue weighted by atomic mass is 10.2. The zero-order chi connectivity index (χ0) is 13.0. The molecule has 4 heteroatoms. The number of halogens is 1. The fourth-order valence-corrected chi connectivity index (χ4v) is 1.83. The molecule has 0 fully saturated rings.